The molecule has 1 heterocycles. The van der Waals surface area contributed by atoms with Gasteiger partial charge in [-0.05, 0) is 31.8 Å². The smallest absolute Gasteiger partial charge is 0.210 e. The predicted octanol–water partition coefficient (Wildman–Crippen LogP) is 0.299. The Labute approximate surface area is 92.5 Å². The SMILES string of the molecule is CN(CC1CCCNC1)S(C)(=O)=O.Cl. The maximum absolute atomic E-state index is 11.1. The number of halogens is 1. The van der Waals surface area contributed by atoms with Crippen LogP contribution in [0.5, 0.6) is 0 Å². The van der Waals surface area contributed by atoms with Crippen LogP contribution in [0.1, 0.15) is 12.8 Å². The number of hydrogen-bond acceptors (Lipinski definition) is 3. The summed E-state index contributed by atoms with van der Waals surface area (Å²) in [6, 6.07) is 0. The van der Waals surface area contributed by atoms with E-state index in [0.29, 0.717) is 12.5 Å². The number of hydrogen-bond donors (Lipinski definition) is 1. The zero-order valence-corrected chi connectivity index (χ0v) is 10.3. The van der Waals surface area contributed by atoms with Crippen molar-refractivity contribution in [1.82, 2.24) is 9.62 Å². The third-order valence-electron chi connectivity index (χ3n) is 2.48. The average Bonchev–Trinajstić information content (AvgIpc) is 2.04. The van der Waals surface area contributed by atoms with Crippen LogP contribution in [0.15, 0.2) is 0 Å². The summed E-state index contributed by atoms with van der Waals surface area (Å²) in [5, 5.41) is 3.27. The summed E-state index contributed by atoms with van der Waals surface area (Å²) in [7, 11) is -1.35. The highest BCUT2D eigenvalue weighted by Gasteiger charge is 2.19. The second kappa shape index (κ2) is 5.90. The molecule has 0 radical (unpaired) electrons. The fourth-order valence-electron chi connectivity index (χ4n) is 1.58. The van der Waals surface area contributed by atoms with Gasteiger partial charge in [0.2, 0.25) is 10.0 Å². The highest BCUT2D eigenvalue weighted by molar-refractivity contribution is 7.88. The Kier molecular flexibility index (Phi) is 5.97. The lowest BCUT2D eigenvalue weighted by molar-refractivity contribution is 0.316. The van der Waals surface area contributed by atoms with E-state index in [-0.39, 0.29) is 12.4 Å². The van der Waals surface area contributed by atoms with Gasteiger partial charge in [0, 0.05) is 13.6 Å². The van der Waals surface area contributed by atoms with Crippen LogP contribution in [-0.4, -0.2) is 45.7 Å². The van der Waals surface area contributed by atoms with Gasteiger partial charge in [-0.2, -0.15) is 0 Å². The van der Waals surface area contributed by atoms with Crippen LogP contribution in [-0.2, 0) is 10.0 Å². The van der Waals surface area contributed by atoms with Gasteiger partial charge in [0.25, 0.3) is 0 Å². The van der Waals surface area contributed by atoms with Crippen molar-refractivity contribution in [2.45, 2.75) is 12.8 Å². The maximum atomic E-state index is 11.1. The first-order valence-corrected chi connectivity index (χ1v) is 6.47. The van der Waals surface area contributed by atoms with E-state index in [1.807, 2.05) is 0 Å². The number of nitrogens with one attached hydrogen (secondary N) is 1. The molecule has 0 amide bonds. The minimum atomic E-state index is -3.00. The largest absolute Gasteiger partial charge is 0.316 e. The van der Waals surface area contributed by atoms with Gasteiger partial charge >= 0.3 is 0 Å². The number of sulfonamides is 1. The molecule has 0 bridgehead atoms. The Hall–Kier alpha value is 0.160. The van der Waals surface area contributed by atoms with Gasteiger partial charge in [0.1, 0.15) is 0 Å². The molecule has 1 aliphatic rings. The van der Waals surface area contributed by atoms with Crippen LogP contribution < -0.4 is 5.32 Å². The second-order valence-corrected chi connectivity index (χ2v) is 5.85. The lowest BCUT2D eigenvalue weighted by atomic mass is 10.00. The molecule has 1 unspecified atom stereocenters. The van der Waals surface area contributed by atoms with Crippen LogP contribution in [0.3, 0.4) is 0 Å². The molecular weight excluding hydrogens is 224 g/mol. The van der Waals surface area contributed by atoms with Crippen molar-refractivity contribution in [1.29, 1.82) is 0 Å². The van der Waals surface area contributed by atoms with Gasteiger partial charge in [-0.25, -0.2) is 12.7 Å². The average molecular weight is 243 g/mol. The molecule has 1 saturated heterocycles. The van der Waals surface area contributed by atoms with E-state index in [9.17, 15) is 8.42 Å². The van der Waals surface area contributed by atoms with Crippen LogP contribution in [0.2, 0.25) is 0 Å². The molecule has 1 fully saturated rings. The summed E-state index contributed by atoms with van der Waals surface area (Å²) >= 11 is 0. The van der Waals surface area contributed by atoms with Gasteiger partial charge in [0.15, 0.2) is 0 Å². The summed E-state index contributed by atoms with van der Waals surface area (Å²) in [6.45, 7) is 2.66. The van der Waals surface area contributed by atoms with Crippen LogP contribution in [0.25, 0.3) is 0 Å². The highest BCUT2D eigenvalue weighted by Crippen LogP contribution is 2.11. The van der Waals surface area contributed by atoms with Crippen molar-refractivity contribution >= 4 is 22.4 Å². The topological polar surface area (TPSA) is 49.4 Å². The molecule has 14 heavy (non-hydrogen) atoms. The molecule has 4 nitrogen and oxygen atoms in total. The minimum absolute atomic E-state index is 0. The van der Waals surface area contributed by atoms with E-state index in [4.69, 9.17) is 0 Å². The standard InChI is InChI=1S/C8H18N2O2S.ClH/c1-10(13(2,11)12)7-8-4-3-5-9-6-8;/h8-9H,3-7H2,1-2H3;1H. The van der Waals surface area contributed by atoms with Crippen molar-refractivity contribution in [2.24, 2.45) is 5.92 Å². The molecule has 0 aromatic rings. The third-order valence-corrected chi connectivity index (χ3v) is 3.76. The Morgan fingerprint density at radius 2 is 2.14 bits per heavy atom. The van der Waals surface area contributed by atoms with E-state index >= 15 is 0 Å². The van der Waals surface area contributed by atoms with Crippen molar-refractivity contribution in [2.75, 3.05) is 32.9 Å². The molecule has 86 valence electrons. The molecule has 0 saturated carbocycles. The van der Waals surface area contributed by atoms with Gasteiger partial charge < -0.3 is 5.32 Å². The first-order chi connectivity index (χ1) is 6.00. The number of nitrogens with zero attached hydrogens (tertiary/aromatic N) is 1. The van der Waals surface area contributed by atoms with Crippen molar-refractivity contribution in [3.05, 3.63) is 0 Å². The number of rotatable bonds is 3. The molecule has 1 aliphatic heterocycles. The molecule has 1 N–H and O–H groups in total. The summed E-state index contributed by atoms with van der Waals surface area (Å²) in [6.07, 6.45) is 3.54. The minimum Gasteiger partial charge on any atom is -0.316 e. The van der Waals surface area contributed by atoms with E-state index < -0.39 is 10.0 Å². The molecular formula is C8H19ClN2O2S. The van der Waals surface area contributed by atoms with Crippen molar-refractivity contribution in [3.8, 4) is 0 Å². The second-order valence-electron chi connectivity index (χ2n) is 3.76. The fraction of sp³-hybridized carbons (Fsp3) is 1.00. The Morgan fingerprint density at radius 3 is 2.57 bits per heavy atom. The fourth-order valence-corrected chi connectivity index (χ4v) is 2.06. The highest BCUT2D eigenvalue weighted by atomic mass is 35.5. The summed E-state index contributed by atoms with van der Waals surface area (Å²) in [4.78, 5) is 0. The van der Waals surface area contributed by atoms with Crippen LogP contribution >= 0.6 is 12.4 Å². The quantitative estimate of drug-likeness (QED) is 0.775. The van der Waals surface area contributed by atoms with E-state index in [0.717, 1.165) is 25.9 Å². The van der Waals surface area contributed by atoms with Crippen LogP contribution in [0.4, 0.5) is 0 Å². The first kappa shape index (κ1) is 14.2. The maximum Gasteiger partial charge on any atom is 0.210 e. The van der Waals surface area contributed by atoms with E-state index in [2.05, 4.69) is 5.32 Å². The van der Waals surface area contributed by atoms with Gasteiger partial charge in [-0.1, -0.05) is 0 Å². The molecule has 6 heteroatoms. The van der Waals surface area contributed by atoms with Gasteiger partial charge in [-0.15, -0.1) is 12.4 Å². The summed E-state index contributed by atoms with van der Waals surface area (Å²) in [5.41, 5.74) is 0. The van der Waals surface area contributed by atoms with Gasteiger partial charge in [-0.3, -0.25) is 0 Å². The lowest BCUT2D eigenvalue weighted by Crippen LogP contribution is -2.38. The van der Waals surface area contributed by atoms with Crippen molar-refractivity contribution in [3.63, 3.8) is 0 Å². The summed E-state index contributed by atoms with van der Waals surface area (Å²) in [5.74, 6) is 0.480. The van der Waals surface area contributed by atoms with E-state index in [1.165, 1.54) is 10.6 Å². The van der Waals surface area contributed by atoms with Gasteiger partial charge in [0.05, 0.1) is 6.26 Å². The zero-order valence-electron chi connectivity index (χ0n) is 8.69. The summed E-state index contributed by atoms with van der Waals surface area (Å²) < 4.78 is 23.7. The van der Waals surface area contributed by atoms with Crippen molar-refractivity contribution < 1.29 is 8.42 Å². The molecule has 0 aromatic carbocycles. The molecule has 0 aliphatic carbocycles. The predicted molar refractivity (Wildman–Crippen MR) is 60.3 cm³/mol. The lowest BCUT2D eigenvalue weighted by Gasteiger charge is -2.26. The molecule has 0 aromatic heterocycles. The third kappa shape index (κ3) is 4.59. The molecule has 0 spiro atoms. The molecule has 1 atom stereocenters. The normalized spacial score (nSPS) is 23.2. The Balaban J connectivity index is 0.00000169. The first-order valence-electron chi connectivity index (χ1n) is 4.62. The number of piperidine rings is 1. The Morgan fingerprint density at radius 1 is 1.50 bits per heavy atom. The monoisotopic (exact) mass is 242 g/mol. The molecule has 1 rings (SSSR count). The Bertz CT molecular complexity index is 250. The van der Waals surface area contributed by atoms with Crippen LogP contribution in [0, 0.1) is 5.92 Å². The zero-order chi connectivity index (χ0) is 9.90. The van der Waals surface area contributed by atoms with E-state index in [1.54, 1.807) is 7.05 Å².